The number of aliphatic hydroxyl groups excluding tert-OH is 1. The summed E-state index contributed by atoms with van der Waals surface area (Å²) < 4.78 is 37.8. The zero-order valence-corrected chi connectivity index (χ0v) is 20.4. The fourth-order valence-corrected chi connectivity index (χ4v) is 6.26. The quantitative estimate of drug-likeness (QED) is 0.520. The number of aliphatic hydroxyl groups is 1. The van der Waals surface area contributed by atoms with E-state index >= 15 is 0 Å². The summed E-state index contributed by atoms with van der Waals surface area (Å²) in [6, 6.07) is 7.57. The third-order valence-corrected chi connectivity index (χ3v) is 7.95. The van der Waals surface area contributed by atoms with E-state index in [1.807, 2.05) is 38.1 Å². The number of thiazole rings is 1. The van der Waals surface area contributed by atoms with Crippen LogP contribution in [0, 0.1) is 12.8 Å². The molecule has 0 bridgehead atoms. The van der Waals surface area contributed by atoms with Crippen molar-refractivity contribution in [1.82, 2.24) is 15.0 Å². The number of ether oxygens (including phenoxy) is 2. The number of aromatic nitrogens is 3. The monoisotopic (exact) mass is 490 g/mol. The van der Waals surface area contributed by atoms with Gasteiger partial charge in [0.25, 0.3) is 0 Å². The highest BCUT2D eigenvalue weighted by Gasteiger charge is 2.54. The van der Waals surface area contributed by atoms with Gasteiger partial charge in [-0.05, 0) is 39.3 Å². The highest BCUT2D eigenvalue weighted by atomic mass is 32.2. The molecule has 1 aliphatic heterocycles. The van der Waals surface area contributed by atoms with Gasteiger partial charge in [0.1, 0.15) is 16.9 Å². The Morgan fingerprint density at radius 1 is 1.18 bits per heavy atom. The van der Waals surface area contributed by atoms with Crippen LogP contribution in [0.5, 0.6) is 0 Å². The van der Waals surface area contributed by atoms with Crippen molar-refractivity contribution in [3.05, 3.63) is 30.0 Å². The molecule has 1 saturated carbocycles. The molecule has 33 heavy (non-hydrogen) atoms. The van der Waals surface area contributed by atoms with E-state index in [1.54, 1.807) is 6.92 Å². The van der Waals surface area contributed by atoms with Gasteiger partial charge in [-0.3, -0.25) is 0 Å². The number of hydrogen-bond acceptors (Lipinski definition) is 10. The first-order valence-electron chi connectivity index (χ1n) is 10.7. The molecule has 2 aromatic heterocycles. The fourth-order valence-electron chi connectivity index (χ4n) is 4.64. The van der Waals surface area contributed by atoms with Crippen LogP contribution in [-0.4, -0.2) is 65.4 Å². The van der Waals surface area contributed by atoms with Crippen molar-refractivity contribution >= 4 is 37.2 Å². The smallest absolute Gasteiger partial charge is 0.249 e. The molecule has 2 aliphatic rings. The number of nitrogens with one attached hydrogen (secondary N) is 1. The van der Waals surface area contributed by atoms with E-state index in [1.165, 1.54) is 11.3 Å². The minimum Gasteiger partial charge on any atom is -0.396 e. The van der Waals surface area contributed by atoms with Gasteiger partial charge in [0.05, 0.1) is 33.6 Å². The minimum absolute atomic E-state index is 0.0269. The summed E-state index contributed by atoms with van der Waals surface area (Å²) in [5.41, 5.74) is 2.03. The molecular formula is C22H26N4O5S2. The van der Waals surface area contributed by atoms with Crippen molar-refractivity contribution in [1.29, 1.82) is 0 Å². The van der Waals surface area contributed by atoms with Gasteiger partial charge >= 0.3 is 0 Å². The Hall–Kier alpha value is -2.18. The molecule has 3 aromatic rings. The molecule has 1 aromatic carbocycles. The Morgan fingerprint density at radius 2 is 1.91 bits per heavy atom. The summed E-state index contributed by atoms with van der Waals surface area (Å²) in [5.74, 6) is -0.478. The largest absolute Gasteiger partial charge is 0.396 e. The predicted molar refractivity (Wildman–Crippen MR) is 125 cm³/mol. The standard InChI is InChI=1S/C22H26N4O5S2/c1-11-16(20-25-13-7-5-6-8-15(13)32-20)19(26-21(23-11)33(4,28)29)24-14-9-12(10-27)17-18(14)31-22(2,3)30-17/h5-8,12,14,17-18,27H,9-10H2,1-4H3,(H,23,24,26). The van der Waals surface area contributed by atoms with Gasteiger partial charge in [-0.15, -0.1) is 11.3 Å². The van der Waals surface area contributed by atoms with Gasteiger partial charge in [0, 0.05) is 18.8 Å². The number of para-hydroxylation sites is 1. The zero-order valence-electron chi connectivity index (χ0n) is 18.8. The van der Waals surface area contributed by atoms with Crippen LogP contribution in [0.1, 0.15) is 26.0 Å². The first-order valence-corrected chi connectivity index (χ1v) is 13.4. The molecule has 2 N–H and O–H groups in total. The van der Waals surface area contributed by atoms with Crippen LogP contribution in [0.2, 0.25) is 0 Å². The van der Waals surface area contributed by atoms with Crippen LogP contribution in [0.3, 0.4) is 0 Å². The molecule has 3 heterocycles. The van der Waals surface area contributed by atoms with Crippen LogP contribution in [-0.2, 0) is 19.3 Å². The zero-order chi connectivity index (χ0) is 23.5. The Bertz CT molecular complexity index is 1290. The molecule has 5 rings (SSSR count). The van der Waals surface area contributed by atoms with Crippen molar-refractivity contribution < 1.29 is 23.0 Å². The number of hydrogen-bond donors (Lipinski definition) is 2. The first-order chi connectivity index (χ1) is 15.6. The number of rotatable bonds is 5. The van der Waals surface area contributed by atoms with Gasteiger partial charge < -0.3 is 19.9 Å². The highest BCUT2D eigenvalue weighted by Crippen LogP contribution is 2.44. The number of benzene rings is 1. The second-order valence-electron chi connectivity index (χ2n) is 9.07. The van der Waals surface area contributed by atoms with E-state index in [4.69, 9.17) is 14.5 Å². The van der Waals surface area contributed by atoms with Gasteiger partial charge in [0.15, 0.2) is 5.79 Å². The van der Waals surface area contributed by atoms with Crippen LogP contribution in [0.4, 0.5) is 5.82 Å². The van der Waals surface area contributed by atoms with E-state index in [0.717, 1.165) is 16.5 Å². The molecule has 2 fully saturated rings. The number of aryl methyl sites for hydroxylation is 1. The highest BCUT2D eigenvalue weighted by molar-refractivity contribution is 7.90. The Morgan fingerprint density at radius 3 is 2.61 bits per heavy atom. The molecule has 176 valence electrons. The fraction of sp³-hybridized carbons (Fsp3) is 0.500. The molecule has 4 atom stereocenters. The van der Waals surface area contributed by atoms with E-state index in [2.05, 4.69) is 15.3 Å². The second-order valence-corrected chi connectivity index (χ2v) is 12.0. The average molecular weight is 491 g/mol. The maximum absolute atomic E-state index is 12.3. The molecule has 1 saturated heterocycles. The number of sulfone groups is 1. The van der Waals surface area contributed by atoms with Crippen LogP contribution in [0.15, 0.2) is 29.4 Å². The van der Waals surface area contributed by atoms with Crippen molar-refractivity contribution in [3.63, 3.8) is 0 Å². The number of fused-ring (bicyclic) bond motifs is 2. The number of nitrogens with zero attached hydrogens (tertiary/aromatic N) is 3. The lowest BCUT2D eigenvalue weighted by molar-refractivity contribution is -0.158. The van der Waals surface area contributed by atoms with E-state index in [0.29, 0.717) is 28.5 Å². The molecule has 0 amide bonds. The summed E-state index contributed by atoms with van der Waals surface area (Å²) in [7, 11) is -3.63. The lowest BCUT2D eigenvalue weighted by atomic mass is 10.1. The summed E-state index contributed by atoms with van der Waals surface area (Å²) in [6.45, 7) is 5.43. The van der Waals surface area contributed by atoms with Gasteiger partial charge in [-0.25, -0.2) is 23.4 Å². The molecule has 9 nitrogen and oxygen atoms in total. The van der Waals surface area contributed by atoms with Crippen molar-refractivity contribution in [2.75, 3.05) is 18.2 Å². The van der Waals surface area contributed by atoms with E-state index in [9.17, 15) is 13.5 Å². The molecule has 1 aliphatic carbocycles. The van der Waals surface area contributed by atoms with Crippen molar-refractivity contribution in [3.8, 4) is 10.6 Å². The molecule has 4 unspecified atom stereocenters. The van der Waals surface area contributed by atoms with Gasteiger partial charge in [-0.1, -0.05) is 12.1 Å². The third-order valence-electron chi connectivity index (χ3n) is 6.05. The maximum Gasteiger partial charge on any atom is 0.249 e. The van der Waals surface area contributed by atoms with Crippen LogP contribution >= 0.6 is 11.3 Å². The summed E-state index contributed by atoms with van der Waals surface area (Å²) >= 11 is 1.50. The molecular weight excluding hydrogens is 464 g/mol. The minimum atomic E-state index is -3.63. The Balaban J connectivity index is 1.60. The topological polar surface area (TPSA) is 124 Å². The van der Waals surface area contributed by atoms with Crippen LogP contribution in [0.25, 0.3) is 20.8 Å². The average Bonchev–Trinajstić information content (AvgIpc) is 3.38. The SMILES string of the molecule is Cc1nc(S(C)(=O)=O)nc(NC2CC(CO)C3OC(C)(C)OC23)c1-c1nc2ccccc2s1. The lowest BCUT2D eigenvalue weighted by Gasteiger charge is -2.24. The predicted octanol–water partition coefficient (Wildman–Crippen LogP) is 2.78. The second kappa shape index (κ2) is 7.95. The maximum atomic E-state index is 12.3. The lowest BCUT2D eigenvalue weighted by Crippen LogP contribution is -2.35. The van der Waals surface area contributed by atoms with Crippen LogP contribution < -0.4 is 5.32 Å². The molecule has 11 heteroatoms. The van der Waals surface area contributed by atoms with Crippen molar-refractivity contribution in [2.45, 2.75) is 56.4 Å². The normalized spacial score (nSPS) is 26.6. The van der Waals surface area contributed by atoms with Gasteiger partial charge in [-0.2, -0.15) is 0 Å². The van der Waals surface area contributed by atoms with Crippen molar-refractivity contribution in [2.24, 2.45) is 5.92 Å². The first kappa shape index (κ1) is 22.6. The molecule has 0 spiro atoms. The van der Waals surface area contributed by atoms with E-state index < -0.39 is 15.6 Å². The summed E-state index contributed by atoms with van der Waals surface area (Å²) in [5, 5.41) is 13.8. The third kappa shape index (κ3) is 4.12. The van der Waals surface area contributed by atoms with E-state index in [-0.39, 0.29) is 35.9 Å². The Labute approximate surface area is 196 Å². The Kier molecular flexibility index (Phi) is 5.44. The summed E-state index contributed by atoms with van der Waals surface area (Å²) in [6.07, 6.45) is 1.12. The summed E-state index contributed by atoms with van der Waals surface area (Å²) in [4.78, 5) is 13.4. The number of anilines is 1. The van der Waals surface area contributed by atoms with Gasteiger partial charge in [0.2, 0.25) is 15.0 Å². The molecule has 0 radical (unpaired) electrons.